The summed E-state index contributed by atoms with van der Waals surface area (Å²) in [6.45, 7) is 3.34. The highest BCUT2D eigenvalue weighted by molar-refractivity contribution is 5.44. The smallest absolute Gasteiger partial charge is 0.270 e. The molecular weight excluding hydrogens is 386 g/mol. The van der Waals surface area contributed by atoms with Gasteiger partial charge in [0.05, 0.1) is 18.6 Å². The van der Waals surface area contributed by atoms with Gasteiger partial charge in [-0.05, 0) is 42.8 Å². The number of ether oxygens (including phenoxy) is 3. The molecule has 0 fully saturated rings. The number of nitro groups is 1. The lowest BCUT2D eigenvalue weighted by molar-refractivity contribution is -0.384. The van der Waals surface area contributed by atoms with Gasteiger partial charge in [-0.2, -0.15) is 0 Å². The summed E-state index contributed by atoms with van der Waals surface area (Å²) in [6, 6.07) is 15.6. The Hall–Kier alpha value is -3.65. The lowest BCUT2D eigenvalue weighted by Gasteiger charge is -2.11. The van der Waals surface area contributed by atoms with Crippen LogP contribution in [0.15, 0.2) is 60.8 Å². The summed E-state index contributed by atoms with van der Waals surface area (Å²) in [5.41, 5.74) is 1.73. The van der Waals surface area contributed by atoms with E-state index in [2.05, 4.69) is 10.3 Å². The summed E-state index contributed by atoms with van der Waals surface area (Å²) < 4.78 is 16.4. The Labute approximate surface area is 174 Å². The van der Waals surface area contributed by atoms with Crippen LogP contribution in [-0.2, 0) is 13.1 Å². The minimum absolute atomic E-state index is 0.0388. The molecule has 3 rings (SSSR count). The molecule has 156 valence electrons. The fourth-order valence-corrected chi connectivity index (χ4v) is 2.80. The van der Waals surface area contributed by atoms with Gasteiger partial charge in [0, 0.05) is 43.0 Å². The van der Waals surface area contributed by atoms with Gasteiger partial charge in [-0.1, -0.05) is 6.07 Å². The highest BCUT2D eigenvalue weighted by Crippen LogP contribution is 2.25. The molecule has 0 aliphatic carbocycles. The Balaban J connectivity index is 1.57. The number of rotatable bonds is 10. The van der Waals surface area contributed by atoms with Crippen LogP contribution in [0, 0.1) is 10.1 Å². The first-order chi connectivity index (χ1) is 14.6. The van der Waals surface area contributed by atoms with Crippen LogP contribution in [0.3, 0.4) is 0 Å². The number of nitrogens with one attached hydrogen (secondary N) is 1. The SMILES string of the molecule is CCOc1ccc([N+](=O)[O-])cc1CNCc1ccc(Oc2ccc(OC)cc2)nc1. The average Bonchev–Trinajstić information content (AvgIpc) is 2.76. The van der Waals surface area contributed by atoms with Crippen LogP contribution in [0.5, 0.6) is 23.1 Å². The standard InChI is InChI=1S/C22H23N3O5/c1-3-29-21-10-5-18(25(26)27)12-17(21)15-23-13-16-4-11-22(24-14-16)30-20-8-6-19(28-2)7-9-20/h4-12,14,23H,3,13,15H2,1-2H3. The normalized spacial score (nSPS) is 10.5. The third-order valence-corrected chi connectivity index (χ3v) is 4.28. The van der Waals surface area contributed by atoms with Crippen LogP contribution in [0.4, 0.5) is 5.69 Å². The van der Waals surface area contributed by atoms with E-state index in [1.807, 2.05) is 37.3 Å². The van der Waals surface area contributed by atoms with Gasteiger partial charge in [0.15, 0.2) is 0 Å². The van der Waals surface area contributed by atoms with E-state index < -0.39 is 4.92 Å². The van der Waals surface area contributed by atoms with Crippen molar-refractivity contribution in [3.63, 3.8) is 0 Å². The molecule has 0 atom stereocenters. The Morgan fingerprint density at radius 3 is 2.43 bits per heavy atom. The molecule has 0 spiro atoms. The van der Waals surface area contributed by atoms with Crippen LogP contribution >= 0.6 is 0 Å². The molecule has 0 unspecified atom stereocenters. The zero-order valence-corrected chi connectivity index (χ0v) is 16.8. The van der Waals surface area contributed by atoms with Gasteiger partial charge in [-0.15, -0.1) is 0 Å². The molecule has 8 nitrogen and oxygen atoms in total. The lowest BCUT2D eigenvalue weighted by atomic mass is 10.1. The third kappa shape index (κ3) is 5.68. The van der Waals surface area contributed by atoms with Gasteiger partial charge in [0.2, 0.25) is 5.88 Å². The molecule has 8 heteroatoms. The second kappa shape index (κ2) is 10.2. The van der Waals surface area contributed by atoms with Gasteiger partial charge in [0.1, 0.15) is 17.2 Å². The quantitative estimate of drug-likeness (QED) is 0.390. The fourth-order valence-electron chi connectivity index (χ4n) is 2.80. The molecule has 1 N–H and O–H groups in total. The molecule has 0 bridgehead atoms. The summed E-state index contributed by atoms with van der Waals surface area (Å²) in [6.07, 6.45) is 1.72. The van der Waals surface area contributed by atoms with E-state index in [9.17, 15) is 10.1 Å². The van der Waals surface area contributed by atoms with Crippen molar-refractivity contribution in [1.82, 2.24) is 10.3 Å². The monoisotopic (exact) mass is 409 g/mol. The van der Waals surface area contributed by atoms with E-state index in [4.69, 9.17) is 14.2 Å². The number of hydrogen-bond donors (Lipinski definition) is 1. The molecule has 0 aliphatic heterocycles. The zero-order chi connectivity index (χ0) is 21.3. The maximum Gasteiger partial charge on any atom is 0.270 e. The van der Waals surface area contributed by atoms with Crippen LogP contribution in [0.25, 0.3) is 0 Å². The van der Waals surface area contributed by atoms with Crippen molar-refractivity contribution < 1.29 is 19.1 Å². The second-order valence-electron chi connectivity index (χ2n) is 6.37. The third-order valence-electron chi connectivity index (χ3n) is 4.28. The molecule has 3 aromatic rings. The zero-order valence-electron chi connectivity index (χ0n) is 16.8. The van der Waals surface area contributed by atoms with E-state index >= 15 is 0 Å². The molecule has 2 aromatic carbocycles. The van der Waals surface area contributed by atoms with Crippen molar-refractivity contribution in [2.75, 3.05) is 13.7 Å². The summed E-state index contributed by atoms with van der Waals surface area (Å²) in [5.74, 6) is 2.55. The first kappa shape index (κ1) is 21.1. The highest BCUT2D eigenvalue weighted by Gasteiger charge is 2.11. The largest absolute Gasteiger partial charge is 0.497 e. The number of pyridine rings is 1. The maximum absolute atomic E-state index is 11.0. The summed E-state index contributed by atoms with van der Waals surface area (Å²) in [4.78, 5) is 14.9. The maximum atomic E-state index is 11.0. The fraction of sp³-hybridized carbons (Fsp3) is 0.227. The molecule has 0 amide bonds. The van der Waals surface area contributed by atoms with E-state index in [-0.39, 0.29) is 5.69 Å². The summed E-state index contributed by atoms with van der Waals surface area (Å²) >= 11 is 0. The van der Waals surface area contributed by atoms with Crippen molar-refractivity contribution in [1.29, 1.82) is 0 Å². The van der Waals surface area contributed by atoms with Gasteiger partial charge in [-0.3, -0.25) is 10.1 Å². The Bertz CT molecular complexity index is 975. The van der Waals surface area contributed by atoms with E-state index in [1.165, 1.54) is 12.1 Å². The number of hydrogen-bond acceptors (Lipinski definition) is 7. The van der Waals surface area contributed by atoms with Gasteiger partial charge in [-0.25, -0.2) is 4.98 Å². The van der Waals surface area contributed by atoms with E-state index in [0.29, 0.717) is 37.1 Å². The number of benzene rings is 2. The topological polar surface area (TPSA) is 95.8 Å². The molecule has 0 radical (unpaired) electrons. The molecule has 0 saturated carbocycles. The minimum atomic E-state index is -0.412. The molecule has 0 saturated heterocycles. The predicted octanol–water partition coefficient (Wildman–Crippen LogP) is 4.48. The summed E-state index contributed by atoms with van der Waals surface area (Å²) in [5, 5.41) is 14.3. The first-order valence-corrected chi connectivity index (χ1v) is 9.46. The Morgan fingerprint density at radius 1 is 1.03 bits per heavy atom. The number of aromatic nitrogens is 1. The lowest BCUT2D eigenvalue weighted by Crippen LogP contribution is -2.14. The van der Waals surface area contributed by atoms with Crippen molar-refractivity contribution in [2.45, 2.75) is 20.0 Å². The Morgan fingerprint density at radius 2 is 1.80 bits per heavy atom. The van der Waals surface area contributed by atoms with Crippen LogP contribution in [0.2, 0.25) is 0 Å². The van der Waals surface area contributed by atoms with Crippen molar-refractivity contribution in [3.8, 4) is 23.1 Å². The van der Waals surface area contributed by atoms with Crippen LogP contribution in [0.1, 0.15) is 18.1 Å². The summed E-state index contributed by atoms with van der Waals surface area (Å²) in [7, 11) is 1.61. The second-order valence-corrected chi connectivity index (χ2v) is 6.37. The number of methoxy groups -OCH3 is 1. The number of nitrogens with zero attached hydrogens (tertiary/aromatic N) is 2. The van der Waals surface area contributed by atoms with Gasteiger partial charge >= 0.3 is 0 Å². The van der Waals surface area contributed by atoms with Crippen molar-refractivity contribution in [2.24, 2.45) is 0 Å². The minimum Gasteiger partial charge on any atom is -0.497 e. The highest BCUT2D eigenvalue weighted by atomic mass is 16.6. The average molecular weight is 409 g/mol. The molecule has 1 heterocycles. The van der Waals surface area contributed by atoms with Gasteiger partial charge in [0.25, 0.3) is 5.69 Å². The van der Waals surface area contributed by atoms with Crippen LogP contribution < -0.4 is 19.5 Å². The predicted molar refractivity (Wildman–Crippen MR) is 112 cm³/mol. The van der Waals surface area contributed by atoms with E-state index in [0.717, 1.165) is 16.9 Å². The van der Waals surface area contributed by atoms with Crippen molar-refractivity contribution in [3.05, 3.63) is 82.0 Å². The number of nitro benzene ring substituents is 1. The molecule has 0 aliphatic rings. The van der Waals surface area contributed by atoms with E-state index in [1.54, 1.807) is 25.4 Å². The van der Waals surface area contributed by atoms with Crippen LogP contribution in [-0.4, -0.2) is 23.6 Å². The number of non-ortho nitro benzene ring substituents is 1. The molecule has 1 aromatic heterocycles. The van der Waals surface area contributed by atoms with Crippen molar-refractivity contribution >= 4 is 5.69 Å². The first-order valence-electron chi connectivity index (χ1n) is 9.46. The molecular formula is C22H23N3O5. The van der Waals surface area contributed by atoms with Gasteiger partial charge < -0.3 is 19.5 Å². The molecule has 30 heavy (non-hydrogen) atoms. The Kier molecular flexibility index (Phi) is 7.18.